The Bertz CT molecular complexity index is 393. The van der Waals surface area contributed by atoms with E-state index >= 15 is 0 Å². The van der Waals surface area contributed by atoms with Crippen molar-refractivity contribution in [1.82, 2.24) is 15.1 Å². The molecule has 1 N–H and O–H groups in total. The Labute approximate surface area is 131 Å². The van der Waals surface area contributed by atoms with E-state index in [4.69, 9.17) is 4.74 Å². The van der Waals surface area contributed by atoms with E-state index in [-0.39, 0.29) is 0 Å². The number of hydrogen-bond donors (Lipinski definition) is 1. The fourth-order valence-corrected chi connectivity index (χ4v) is 3.05. The highest BCUT2D eigenvalue weighted by Gasteiger charge is 2.17. The van der Waals surface area contributed by atoms with Crippen LogP contribution in [-0.4, -0.2) is 35.6 Å². The van der Waals surface area contributed by atoms with Gasteiger partial charge in [0.15, 0.2) is 0 Å². The quantitative estimate of drug-likeness (QED) is 0.662. The van der Waals surface area contributed by atoms with E-state index in [1.165, 1.54) is 10.2 Å². The van der Waals surface area contributed by atoms with Gasteiger partial charge >= 0.3 is 0 Å². The molecule has 5 heteroatoms. The lowest BCUT2D eigenvalue weighted by molar-refractivity contribution is 0.136. The highest BCUT2D eigenvalue weighted by molar-refractivity contribution is 9.10. The molecule has 1 atom stereocenters. The van der Waals surface area contributed by atoms with Crippen molar-refractivity contribution in [3.63, 3.8) is 0 Å². The SMILES string of the molecule is CCCNC(CCOCC)Cc1c(Br)c(CC)nn1C. The van der Waals surface area contributed by atoms with Gasteiger partial charge in [-0.2, -0.15) is 5.10 Å². The standard InChI is InChI=1S/C15H28BrN3O/c1-5-9-17-12(8-10-20-7-3)11-14-15(16)13(6-2)18-19(14)4/h12,17H,5-11H2,1-4H3. The zero-order chi connectivity index (χ0) is 15.0. The maximum atomic E-state index is 5.49. The van der Waals surface area contributed by atoms with Crippen LogP contribution < -0.4 is 5.32 Å². The average Bonchev–Trinajstić information content (AvgIpc) is 2.71. The first-order chi connectivity index (χ1) is 9.63. The van der Waals surface area contributed by atoms with Crippen molar-refractivity contribution >= 4 is 15.9 Å². The van der Waals surface area contributed by atoms with E-state index in [9.17, 15) is 0 Å². The Morgan fingerprint density at radius 3 is 2.65 bits per heavy atom. The van der Waals surface area contributed by atoms with Gasteiger partial charge in [0.05, 0.1) is 15.9 Å². The fraction of sp³-hybridized carbons (Fsp3) is 0.800. The average molecular weight is 346 g/mol. The largest absolute Gasteiger partial charge is 0.382 e. The van der Waals surface area contributed by atoms with Gasteiger partial charge in [0.2, 0.25) is 0 Å². The van der Waals surface area contributed by atoms with Gasteiger partial charge in [-0.1, -0.05) is 13.8 Å². The number of nitrogens with zero attached hydrogens (tertiary/aromatic N) is 2. The Morgan fingerprint density at radius 2 is 2.10 bits per heavy atom. The molecule has 116 valence electrons. The minimum Gasteiger partial charge on any atom is -0.382 e. The molecule has 0 aliphatic heterocycles. The molecule has 1 unspecified atom stereocenters. The van der Waals surface area contributed by atoms with Gasteiger partial charge in [0.1, 0.15) is 0 Å². The van der Waals surface area contributed by atoms with Crippen LogP contribution in [0.3, 0.4) is 0 Å². The molecule has 0 saturated carbocycles. The van der Waals surface area contributed by atoms with Gasteiger partial charge in [-0.25, -0.2) is 0 Å². The summed E-state index contributed by atoms with van der Waals surface area (Å²) in [6.07, 6.45) is 4.13. The summed E-state index contributed by atoms with van der Waals surface area (Å²) in [6, 6.07) is 0.443. The smallest absolute Gasteiger partial charge is 0.0766 e. The van der Waals surface area contributed by atoms with E-state index in [2.05, 4.69) is 40.2 Å². The molecule has 20 heavy (non-hydrogen) atoms. The van der Waals surface area contributed by atoms with Crippen LogP contribution >= 0.6 is 15.9 Å². The lowest BCUT2D eigenvalue weighted by atomic mass is 10.1. The van der Waals surface area contributed by atoms with E-state index < -0.39 is 0 Å². The third-order valence-electron chi connectivity index (χ3n) is 3.44. The molecule has 0 bridgehead atoms. The van der Waals surface area contributed by atoms with Crippen molar-refractivity contribution in [2.45, 2.75) is 52.5 Å². The molecule has 0 saturated heterocycles. The summed E-state index contributed by atoms with van der Waals surface area (Å²) in [5, 5.41) is 8.19. The summed E-state index contributed by atoms with van der Waals surface area (Å²) in [4.78, 5) is 0. The predicted octanol–water partition coefficient (Wildman–Crippen LogP) is 3.08. The topological polar surface area (TPSA) is 39.1 Å². The monoisotopic (exact) mass is 345 g/mol. The number of nitrogens with one attached hydrogen (secondary N) is 1. The van der Waals surface area contributed by atoms with Crippen molar-refractivity contribution in [2.24, 2.45) is 7.05 Å². The first-order valence-electron chi connectivity index (χ1n) is 7.65. The van der Waals surface area contributed by atoms with Crippen molar-refractivity contribution in [3.05, 3.63) is 15.9 Å². The number of aryl methyl sites for hydroxylation is 2. The minimum atomic E-state index is 0.443. The molecular formula is C15H28BrN3O. The first kappa shape index (κ1) is 17.7. The Morgan fingerprint density at radius 1 is 1.35 bits per heavy atom. The van der Waals surface area contributed by atoms with Crippen molar-refractivity contribution in [2.75, 3.05) is 19.8 Å². The summed E-state index contributed by atoms with van der Waals surface area (Å²) in [5.41, 5.74) is 2.41. The molecule has 1 rings (SSSR count). The second kappa shape index (κ2) is 9.53. The molecule has 0 amide bonds. The number of hydrogen-bond acceptors (Lipinski definition) is 3. The maximum absolute atomic E-state index is 5.49. The van der Waals surface area contributed by atoms with Gasteiger partial charge < -0.3 is 10.1 Å². The minimum absolute atomic E-state index is 0.443. The van der Waals surface area contributed by atoms with Crippen LogP contribution in [0.2, 0.25) is 0 Å². The number of aromatic nitrogens is 2. The van der Waals surface area contributed by atoms with E-state index in [1.54, 1.807) is 0 Å². The summed E-state index contributed by atoms with van der Waals surface area (Å²) in [5.74, 6) is 0. The summed E-state index contributed by atoms with van der Waals surface area (Å²) in [6.45, 7) is 9.02. The van der Waals surface area contributed by atoms with E-state index in [1.807, 2.05) is 18.7 Å². The van der Waals surface area contributed by atoms with Gasteiger partial charge in [0.25, 0.3) is 0 Å². The van der Waals surface area contributed by atoms with E-state index in [0.717, 1.165) is 51.1 Å². The van der Waals surface area contributed by atoms with E-state index in [0.29, 0.717) is 6.04 Å². The predicted molar refractivity (Wildman–Crippen MR) is 87.2 cm³/mol. The summed E-state index contributed by atoms with van der Waals surface area (Å²) < 4.78 is 8.67. The molecule has 1 aromatic heterocycles. The molecule has 0 aliphatic carbocycles. The van der Waals surface area contributed by atoms with Crippen LogP contribution in [0, 0.1) is 0 Å². The zero-order valence-corrected chi connectivity index (χ0v) is 14.8. The van der Waals surface area contributed by atoms with Crippen molar-refractivity contribution < 1.29 is 4.74 Å². The van der Waals surface area contributed by atoms with Crippen LogP contribution in [0.15, 0.2) is 4.47 Å². The lowest BCUT2D eigenvalue weighted by Crippen LogP contribution is -2.33. The Hall–Kier alpha value is -0.390. The molecule has 0 radical (unpaired) electrons. The second-order valence-electron chi connectivity index (χ2n) is 5.03. The molecule has 0 aliphatic rings. The summed E-state index contributed by atoms with van der Waals surface area (Å²) >= 11 is 3.70. The van der Waals surface area contributed by atoms with Crippen molar-refractivity contribution in [1.29, 1.82) is 0 Å². The molecule has 0 aromatic carbocycles. The molecule has 1 heterocycles. The number of rotatable bonds is 10. The van der Waals surface area contributed by atoms with Crippen molar-refractivity contribution in [3.8, 4) is 0 Å². The van der Waals surface area contributed by atoms with Crippen LogP contribution in [0.5, 0.6) is 0 Å². The summed E-state index contributed by atoms with van der Waals surface area (Å²) in [7, 11) is 2.03. The van der Waals surface area contributed by atoms with Crippen LogP contribution in [0.1, 0.15) is 45.0 Å². The molecule has 0 spiro atoms. The highest BCUT2D eigenvalue weighted by Crippen LogP contribution is 2.23. The maximum Gasteiger partial charge on any atom is 0.0766 e. The van der Waals surface area contributed by atoms with Crippen LogP contribution in [0.4, 0.5) is 0 Å². The van der Waals surface area contributed by atoms with Gasteiger partial charge in [-0.05, 0) is 48.7 Å². The Balaban J connectivity index is 2.69. The molecule has 4 nitrogen and oxygen atoms in total. The molecule has 0 fully saturated rings. The first-order valence-corrected chi connectivity index (χ1v) is 8.44. The van der Waals surface area contributed by atoms with Gasteiger partial charge in [-0.3, -0.25) is 4.68 Å². The number of ether oxygens (including phenoxy) is 1. The third-order valence-corrected chi connectivity index (χ3v) is 4.36. The van der Waals surface area contributed by atoms with Gasteiger partial charge in [0, 0.05) is 32.7 Å². The third kappa shape index (κ3) is 5.19. The Kier molecular flexibility index (Phi) is 8.41. The zero-order valence-electron chi connectivity index (χ0n) is 13.2. The molecular weight excluding hydrogens is 318 g/mol. The number of halogens is 1. The molecule has 1 aromatic rings. The highest BCUT2D eigenvalue weighted by atomic mass is 79.9. The second-order valence-corrected chi connectivity index (χ2v) is 5.82. The normalized spacial score (nSPS) is 12.8. The van der Waals surface area contributed by atoms with Gasteiger partial charge in [-0.15, -0.1) is 0 Å². The fourth-order valence-electron chi connectivity index (χ4n) is 2.27. The van der Waals surface area contributed by atoms with Crippen LogP contribution in [0.25, 0.3) is 0 Å². The van der Waals surface area contributed by atoms with Crippen LogP contribution in [-0.2, 0) is 24.6 Å². The lowest BCUT2D eigenvalue weighted by Gasteiger charge is -2.19.